The number of halogens is 1. The highest BCUT2D eigenvalue weighted by molar-refractivity contribution is 7.17. The molecule has 0 fully saturated rings. The molecule has 0 bridgehead atoms. The second-order valence-corrected chi connectivity index (χ2v) is 7.26. The Morgan fingerprint density at radius 2 is 1.89 bits per heavy atom. The summed E-state index contributed by atoms with van der Waals surface area (Å²) in [5.41, 5.74) is 2.54. The Kier molecular flexibility index (Phi) is 4.59. The van der Waals surface area contributed by atoms with Crippen LogP contribution in [0.3, 0.4) is 0 Å². The molecule has 2 aromatic carbocycles. The molecule has 0 amide bonds. The minimum Gasteiger partial charge on any atom is -0.506 e. The number of thiophene rings is 1. The first kappa shape index (κ1) is 17.6. The number of hydrogen-bond donors (Lipinski definition) is 2. The minimum absolute atomic E-state index is 0.102. The fraction of sp³-hybridized carbons (Fsp3) is 0.100. The number of aromatic hydroxyl groups is 1. The van der Waals surface area contributed by atoms with E-state index in [-0.39, 0.29) is 5.75 Å². The molecule has 0 radical (unpaired) electrons. The van der Waals surface area contributed by atoms with Crippen molar-refractivity contribution in [2.24, 2.45) is 0 Å². The lowest BCUT2D eigenvalue weighted by atomic mass is 10.1. The normalized spacial score (nSPS) is 10.9. The summed E-state index contributed by atoms with van der Waals surface area (Å²) in [5, 5.41) is 16.9. The van der Waals surface area contributed by atoms with Gasteiger partial charge in [-0.2, -0.15) is 0 Å². The summed E-state index contributed by atoms with van der Waals surface area (Å²) >= 11 is 7.63. The van der Waals surface area contributed by atoms with Crippen LogP contribution in [0.15, 0.2) is 47.8 Å². The van der Waals surface area contributed by atoms with Crippen molar-refractivity contribution < 1.29 is 9.84 Å². The molecule has 2 N–H and O–H groups in total. The largest absolute Gasteiger partial charge is 0.506 e. The summed E-state index contributed by atoms with van der Waals surface area (Å²) in [6.07, 6.45) is 0. The van der Waals surface area contributed by atoms with Crippen LogP contribution in [0.5, 0.6) is 11.5 Å². The number of hydrogen-bond acceptors (Lipinski definition) is 6. The van der Waals surface area contributed by atoms with Gasteiger partial charge in [-0.05, 0) is 42.8 Å². The van der Waals surface area contributed by atoms with E-state index in [0.29, 0.717) is 22.4 Å². The van der Waals surface area contributed by atoms with Crippen LogP contribution in [0.2, 0.25) is 5.02 Å². The van der Waals surface area contributed by atoms with E-state index in [1.165, 1.54) is 0 Å². The Hall–Kier alpha value is -2.83. The number of phenols is 1. The SMILES string of the molecule is COc1ccc(-c2csc3nc(C)nc(Nc4cc(Cl)ccc4O)c23)cc1. The summed E-state index contributed by atoms with van der Waals surface area (Å²) in [7, 11) is 1.64. The number of aromatic nitrogens is 2. The lowest BCUT2D eigenvalue weighted by Gasteiger charge is -2.11. The smallest absolute Gasteiger partial charge is 0.143 e. The zero-order valence-corrected chi connectivity index (χ0v) is 16.2. The van der Waals surface area contributed by atoms with Crippen molar-refractivity contribution in [2.75, 3.05) is 12.4 Å². The van der Waals surface area contributed by atoms with Crippen LogP contribution in [0.1, 0.15) is 5.82 Å². The average Bonchev–Trinajstić information content (AvgIpc) is 3.08. The van der Waals surface area contributed by atoms with Crippen molar-refractivity contribution in [3.8, 4) is 22.6 Å². The number of nitrogens with one attached hydrogen (secondary N) is 1. The van der Waals surface area contributed by atoms with Gasteiger partial charge in [0.2, 0.25) is 0 Å². The summed E-state index contributed by atoms with van der Waals surface area (Å²) in [6.45, 7) is 1.84. The third kappa shape index (κ3) is 3.41. The van der Waals surface area contributed by atoms with Crippen molar-refractivity contribution in [1.29, 1.82) is 0 Å². The zero-order valence-electron chi connectivity index (χ0n) is 14.7. The highest BCUT2D eigenvalue weighted by atomic mass is 35.5. The van der Waals surface area contributed by atoms with E-state index < -0.39 is 0 Å². The van der Waals surface area contributed by atoms with Gasteiger partial charge in [0.05, 0.1) is 18.2 Å². The molecule has 136 valence electrons. The Morgan fingerprint density at radius 3 is 2.63 bits per heavy atom. The average molecular weight is 398 g/mol. The summed E-state index contributed by atoms with van der Waals surface area (Å²) in [6, 6.07) is 12.7. The maximum absolute atomic E-state index is 10.2. The monoisotopic (exact) mass is 397 g/mol. The quantitative estimate of drug-likeness (QED) is 0.427. The van der Waals surface area contributed by atoms with Crippen LogP contribution in [-0.2, 0) is 0 Å². The van der Waals surface area contributed by atoms with Gasteiger partial charge >= 0.3 is 0 Å². The van der Waals surface area contributed by atoms with Gasteiger partial charge in [-0.25, -0.2) is 9.97 Å². The number of ether oxygens (including phenoxy) is 1. The number of aryl methyl sites for hydroxylation is 1. The first-order valence-corrected chi connectivity index (χ1v) is 9.46. The second-order valence-electron chi connectivity index (χ2n) is 5.96. The number of phenolic OH excluding ortho intramolecular Hbond substituents is 1. The van der Waals surface area contributed by atoms with Crippen molar-refractivity contribution in [3.05, 3.63) is 58.7 Å². The molecule has 0 aliphatic heterocycles. The molecule has 27 heavy (non-hydrogen) atoms. The molecular weight excluding hydrogens is 382 g/mol. The first-order chi connectivity index (χ1) is 13.0. The maximum Gasteiger partial charge on any atom is 0.143 e. The Balaban J connectivity index is 1.86. The molecule has 0 spiro atoms. The number of rotatable bonds is 4. The van der Waals surface area contributed by atoms with E-state index in [1.54, 1.807) is 36.6 Å². The van der Waals surface area contributed by atoms with E-state index in [1.807, 2.05) is 31.2 Å². The minimum atomic E-state index is 0.102. The van der Waals surface area contributed by atoms with Gasteiger partial charge in [0.1, 0.15) is 28.0 Å². The molecule has 0 saturated carbocycles. The molecule has 0 aliphatic carbocycles. The predicted molar refractivity (Wildman–Crippen MR) is 111 cm³/mol. The Morgan fingerprint density at radius 1 is 1.11 bits per heavy atom. The van der Waals surface area contributed by atoms with Crippen LogP contribution < -0.4 is 10.1 Å². The van der Waals surface area contributed by atoms with E-state index >= 15 is 0 Å². The standard InChI is InChI=1S/C20H16ClN3O2S/c1-11-22-19(24-16-9-13(21)5-8-17(16)25)18-15(10-27-20(18)23-11)12-3-6-14(26-2)7-4-12/h3-10,25H,1-2H3,(H,22,23,24). The first-order valence-electron chi connectivity index (χ1n) is 8.21. The Labute approximate surface area is 165 Å². The van der Waals surface area contributed by atoms with Crippen molar-refractivity contribution in [1.82, 2.24) is 9.97 Å². The highest BCUT2D eigenvalue weighted by Crippen LogP contribution is 2.39. The van der Waals surface area contributed by atoms with Crippen LogP contribution in [0.25, 0.3) is 21.3 Å². The number of benzene rings is 2. The number of anilines is 2. The maximum atomic E-state index is 10.2. The van der Waals surface area contributed by atoms with Crippen LogP contribution in [-0.4, -0.2) is 22.2 Å². The topological polar surface area (TPSA) is 67.3 Å². The van der Waals surface area contributed by atoms with Gasteiger partial charge in [-0.3, -0.25) is 0 Å². The third-order valence-electron chi connectivity index (χ3n) is 4.16. The molecule has 4 aromatic rings. The highest BCUT2D eigenvalue weighted by Gasteiger charge is 2.16. The molecule has 5 nitrogen and oxygen atoms in total. The predicted octanol–water partition coefficient (Wildman–Crippen LogP) is 5.78. The third-order valence-corrected chi connectivity index (χ3v) is 5.27. The van der Waals surface area contributed by atoms with Gasteiger partial charge in [-0.1, -0.05) is 23.7 Å². The molecule has 0 atom stereocenters. The summed E-state index contributed by atoms with van der Waals surface area (Å²) < 4.78 is 5.24. The zero-order chi connectivity index (χ0) is 19.0. The van der Waals surface area contributed by atoms with Gasteiger partial charge in [0, 0.05) is 16.0 Å². The van der Waals surface area contributed by atoms with Gasteiger partial charge in [0.25, 0.3) is 0 Å². The summed E-state index contributed by atoms with van der Waals surface area (Å²) in [4.78, 5) is 9.99. The van der Waals surface area contributed by atoms with E-state index in [4.69, 9.17) is 16.3 Å². The van der Waals surface area contributed by atoms with Gasteiger partial charge in [0.15, 0.2) is 0 Å². The van der Waals surface area contributed by atoms with Crippen LogP contribution in [0, 0.1) is 6.92 Å². The number of fused-ring (bicyclic) bond motifs is 1. The molecule has 4 rings (SSSR count). The molecule has 0 aliphatic rings. The number of methoxy groups -OCH3 is 1. The van der Waals surface area contributed by atoms with Crippen LogP contribution >= 0.6 is 22.9 Å². The van der Waals surface area contributed by atoms with Crippen LogP contribution in [0.4, 0.5) is 11.5 Å². The molecule has 0 unspecified atom stereocenters. The number of nitrogens with zero attached hydrogens (tertiary/aromatic N) is 2. The van der Waals surface area contributed by atoms with E-state index in [2.05, 4.69) is 20.7 Å². The molecule has 2 heterocycles. The second kappa shape index (κ2) is 7.06. The fourth-order valence-electron chi connectivity index (χ4n) is 2.86. The molecular formula is C20H16ClN3O2S. The van der Waals surface area contributed by atoms with Gasteiger partial charge < -0.3 is 15.2 Å². The molecule has 7 heteroatoms. The molecule has 2 aromatic heterocycles. The van der Waals surface area contributed by atoms with Gasteiger partial charge in [-0.15, -0.1) is 11.3 Å². The van der Waals surface area contributed by atoms with Crippen molar-refractivity contribution in [3.63, 3.8) is 0 Å². The van der Waals surface area contributed by atoms with E-state index in [9.17, 15) is 5.11 Å². The summed E-state index contributed by atoms with van der Waals surface area (Å²) in [5.74, 6) is 2.18. The molecule has 0 saturated heterocycles. The van der Waals surface area contributed by atoms with Crippen molar-refractivity contribution in [2.45, 2.75) is 6.92 Å². The van der Waals surface area contributed by atoms with E-state index in [0.717, 1.165) is 27.1 Å². The van der Waals surface area contributed by atoms with Crippen molar-refractivity contribution >= 4 is 44.7 Å². The Bertz CT molecular complexity index is 1130. The lowest BCUT2D eigenvalue weighted by Crippen LogP contribution is -1.98. The fourth-order valence-corrected chi connectivity index (χ4v) is 4.02. The lowest BCUT2D eigenvalue weighted by molar-refractivity contribution is 0.415.